The fourth-order valence-electron chi connectivity index (χ4n) is 3.85. The number of hydrogen-bond acceptors (Lipinski definition) is 2. The minimum Gasteiger partial charge on any atom is -0.304 e. The first-order valence-corrected chi connectivity index (χ1v) is 18.5. The maximum Gasteiger partial charge on any atom is 0.395 e. The predicted octanol–water partition coefficient (Wildman–Crippen LogP) is 3.74. The van der Waals surface area contributed by atoms with Crippen molar-refractivity contribution in [2.75, 3.05) is 13.1 Å². The fourth-order valence-corrected chi connectivity index (χ4v) is 24.6. The van der Waals surface area contributed by atoms with Crippen LogP contribution in [0.25, 0.3) is 0 Å². The van der Waals surface area contributed by atoms with Crippen molar-refractivity contribution in [1.82, 2.24) is 8.46 Å². The van der Waals surface area contributed by atoms with E-state index >= 15 is 0 Å². The molecule has 0 saturated carbocycles. The first-order valence-electron chi connectivity index (χ1n) is 8.73. The van der Waals surface area contributed by atoms with E-state index in [1.165, 1.54) is 10.4 Å². The summed E-state index contributed by atoms with van der Waals surface area (Å²) in [6, 6.07) is 21.5. The largest absolute Gasteiger partial charge is 0.395 e. The van der Waals surface area contributed by atoms with E-state index in [4.69, 9.17) is 22.2 Å². The van der Waals surface area contributed by atoms with Gasteiger partial charge in [0.05, 0.1) is 0 Å². The van der Waals surface area contributed by atoms with E-state index in [-0.39, 0.29) is 0 Å². The summed E-state index contributed by atoms with van der Waals surface area (Å²) in [7, 11) is -6.48. The summed E-state index contributed by atoms with van der Waals surface area (Å²) >= 11 is 14.4. The van der Waals surface area contributed by atoms with Crippen LogP contribution in [0.1, 0.15) is 0 Å². The van der Waals surface area contributed by atoms with E-state index in [0.717, 1.165) is 13.1 Å². The van der Waals surface area contributed by atoms with E-state index in [0.29, 0.717) is 0 Å². The molecule has 0 aliphatic carbocycles. The maximum atomic E-state index is 7.19. The third kappa shape index (κ3) is 3.43. The van der Waals surface area contributed by atoms with Crippen molar-refractivity contribution in [2.24, 2.45) is 0 Å². The van der Waals surface area contributed by atoms with Gasteiger partial charge < -0.3 is 8.46 Å². The van der Waals surface area contributed by atoms with Crippen LogP contribution in [0, 0.1) is 0 Å². The number of nitrogens with zero attached hydrogens (tertiary/aromatic N) is 2. The van der Waals surface area contributed by atoms with E-state index in [1.807, 2.05) is 0 Å². The van der Waals surface area contributed by atoms with Gasteiger partial charge in [0.1, 0.15) is 16.5 Å². The number of benzene rings is 2. The molecule has 134 valence electrons. The standard InChI is InChI=1S/C18H26Cl2N2Si3/c1-23(2,17-11-7-5-8-12-17)21-15-16-22(25(21,19)20)24(3,4)18-13-9-6-10-14-18/h5-14H,15-16H2,1-4H3. The summed E-state index contributed by atoms with van der Waals surface area (Å²) in [6.45, 7) is 11.4. The molecule has 1 fully saturated rings. The second-order valence-corrected chi connectivity index (χ2v) is 22.9. The third-order valence-corrected chi connectivity index (χ3v) is 23.3. The van der Waals surface area contributed by atoms with Gasteiger partial charge in [0.2, 0.25) is 0 Å². The normalized spacial score (nSPS) is 19.3. The molecule has 1 aliphatic rings. The highest BCUT2D eigenvalue weighted by Crippen LogP contribution is 2.37. The number of rotatable bonds is 4. The van der Waals surface area contributed by atoms with Gasteiger partial charge in [-0.2, -0.15) is 0 Å². The fraction of sp³-hybridized carbons (Fsp3) is 0.333. The Morgan fingerprint density at radius 2 is 1.00 bits per heavy atom. The van der Waals surface area contributed by atoms with Crippen molar-refractivity contribution in [3.63, 3.8) is 0 Å². The van der Waals surface area contributed by atoms with Crippen LogP contribution in [-0.2, 0) is 0 Å². The molecule has 0 radical (unpaired) electrons. The molecule has 3 rings (SSSR count). The Morgan fingerprint density at radius 3 is 1.32 bits per heavy atom. The van der Waals surface area contributed by atoms with E-state index in [9.17, 15) is 0 Å². The molecular formula is C18H26Cl2N2Si3. The van der Waals surface area contributed by atoms with Crippen molar-refractivity contribution in [3.05, 3.63) is 60.7 Å². The van der Waals surface area contributed by atoms with Crippen LogP contribution in [-0.4, -0.2) is 45.0 Å². The Labute approximate surface area is 164 Å². The second kappa shape index (κ2) is 6.96. The van der Waals surface area contributed by atoms with Crippen molar-refractivity contribution in [3.8, 4) is 0 Å². The molecule has 0 amide bonds. The van der Waals surface area contributed by atoms with E-state index < -0.39 is 23.5 Å². The maximum absolute atomic E-state index is 7.19. The first kappa shape index (κ1) is 19.4. The smallest absolute Gasteiger partial charge is 0.304 e. The minimum atomic E-state index is -2.70. The average Bonchev–Trinajstić information content (AvgIpc) is 2.93. The van der Waals surface area contributed by atoms with Crippen LogP contribution >= 0.6 is 22.2 Å². The lowest BCUT2D eigenvalue weighted by molar-refractivity contribution is 0.660. The van der Waals surface area contributed by atoms with Gasteiger partial charge in [-0.15, -0.1) is 22.2 Å². The molecule has 0 N–H and O–H groups in total. The van der Waals surface area contributed by atoms with Gasteiger partial charge >= 0.3 is 7.02 Å². The summed E-state index contributed by atoms with van der Waals surface area (Å²) in [5.74, 6) is 0. The van der Waals surface area contributed by atoms with Crippen LogP contribution in [0.2, 0.25) is 26.2 Å². The summed E-state index contributed by atoms with van der Waals surface area (Å²) in [5, 5.41) is 2.79. The van der Waals surface area contributed by atoms with Gasteiger partial charge in [0.15, 0.2) is 0 Å². The number of hydrogen-bond donors (Lipinski definition) is 0. The highest BCUT2D eigenvalue weighted by molar-refractivity contribution is 7.47. The molecule has 2 nitrogen and oxygen atoms in total. The zero-order valence-electron chi connectivity index (χ0n) is 15.3. The van der Waals surface area contributed by atoms with Gasteiger partial charge in [-0.25, -0.2) is 0 Å². The van der Waals surface area contributed by atoms with Gasteiger partial charge in [-0.3, -0.25) is 0 Å². The summed E-state index contributed by atoms with van der Waals surface area (Å²) in [5.41, 5.74) is 0. The van der Waals surface area contributed by atoms with Crippen LogP contribution in [0.4, 0.5) is 0 Å². The molecule has 0 atom stereocenters. The van der Waals surface area contributed by atoms with E-state index in [2.05, 4.69) is 95.3 Å². The molecule has 0 unspecified atom stereocenters. The summed E-state index contributed by atoms with van der Waals surface area (Å²) in [4.78, 5) is 0. The van der Waals surface area contributed by atoms with Crippen molar-refractivity contribution in [1.29, 1.82) is 0 Å². The first-order chi connectivity index (χ1) is 11.7. The second-order valence-electron chi connectivity index (χ2n) is 7.66. The molecule has 1 heterocycles. The van der Waals surface area contributed by atoms with Crippen LogP contribution < -0.4 is 10.4 Å². The average molecular weight is 426 g/mol. The van der Waals surface area contributed by atoms with Crippen molar-refractivity contribution in [2.45, 2.75) is 26.2 Å². The van der Waals surface area contributed by atoms with Crippen LogP contribution in [0.5, 0.6) is 0 Å². The molecule has 7 heteroatoms. The highest BCUT2D eigenvalue weighted by Gasteiger charge is 2.59. The molecule has 1 saturated heterocycles. The molecule has 2 aromatic carbocycles. The lowest BCUT2D eigenvalue weighted by Gasteiger charge is -2.44. The quantitative estimate of drug-likeness (QED) is 0.544. The zero-order chi connectivity index (χ0) is 18.3. The third-order valence-electron chi connectivity index (χ3n) is 5.51. The number of halogens is 2. The van der Waals surface area contributed by atoms with Gasteiger partial charge in [0.25, 0.3) is 0 Å². The van der Waals surface area contributed by atoms with Crippen LogP contribution in [0.3, 0.4) is 0 Å². The highest BCUT2D eigenvalue weighted by atomic mass is 35.7. The van der Waals surface area contributed by atoms with Crippen LogP contribution in [0.15, 0.2) is 60.7 Å². The minimum absolute atomic E-state index is 0.969. The molecule has 0 bridgehead atoms. The lowest BCUT2D eigenvalue weighted by Crippen LogP contribution is -2.71. The Morgan fingerprint density at radius 1 is 0.680 bits per heavy atom. The Bertz CT molecular complexity index is 662. The SMILES string of the molecule is C[Si](C)(c1ccccc1)N1CCN([Si](C)(C)c2ccccc2)[Si]1(Cl)Cl. The summed E-state index contributed by atoms with van der Waals surface area (Å²) < 4.78 is 4.99. The Kier molecular flexibility index (Phi) is 5.39. The van der Waals surface area contributed by atoms with Crippen molar-refractivity contribution >= 4 is 56.0 Å². The topological polar surface area (TPSA) is 6.48 Å². The lowest BCUT2D eigenvalue weighted by atomic mass is 10.4. The van der Waals surface area contributed by atoms with Crippen molar-refractivity contribution < 1.29 is 0 Å². The molecule has 0 spiro atoms. The Hall–Kier alpha value is -0.409. The molecule has 1 aliphatic heterocycles. The van der Waals surface area contributed by atoms with Gasteiger partial charge in [0, 0.05) is 13.1 Å². The molecule has 2 aromatic rings. The zero-order valence-corrected chi connectivity index (χ0v) is 19.8. The van der Waals surface area contributed by atoms with Gasteiger partial charge in [-0.1, -0.05) is 86.9 Å². The molecular weight excluding hydrogens is 399 g/mol. The Balaban J connectivity index is 1.95. The molecule has 0 aromatic heterocycles. The monoisotopic (exact) mass is 424 g/mol. The van der Waals surface area contributed by atoms with Gasteiger partial charge in [-0.05, 0) is 10.4 Å². The predicted molar refractivity (Wildman–Crippen MR) is 118 cm³/mol. The summed E-state index contributed by atoms with van der Waals surface area (Å²) in [6.07, 6.45) is 0. The molecule has 25 heavy (non-hydrogen) atoms. The van der Waals surface area contributed by atoms with E-state index in [1.54, 1.807) is 0 Å².